The van der Waals surface area contributed by atoms with E-state index in [-0.39, 0.29) is 30.0 Å². The second-order valence-corrected chi connectivity index (χ2v) is 5.95. The summed E-state index contributed by atoms with van der Waals surface area (Å²) in [6.07, 6.45) is -4.45. The zero-order valence-corrected chi connectivity index (χ0v) is 15.6. The molecule has 0 spiro atoms. The maximum atomic E-state index is 12.8. The Hall–Kier alpha value is -3.36. The zero-order chi connectivity index (χ0) is 21.2. The fraction of sp³-hybridized carbons (Fsp3) is 0.250. The summed E-state index contributed by atoms with van der Waals surface area (Å²) in [5.74, 6) is -1.53. The zero-order valence-electron chi connectivity index (χ0n) is 15.6. The van der Waals surface area contributed by atoms with E-state index >= 15 is 0 Å². The number of fused-ring (bicyclic) bond motifs is 1. The summed E-state index contributed by atoms with van der Waals surface area (Å²) in [6.45, 7) is 3.42. The van der Waals surface area contributed by atoms with E-state index in [1.165, 1.54) is 16.6 Å². The third-order valence-electron chi connectivity index (χ3n) is 4.11. The molecule has 0 unspecified atom stereocenters. The summed E-state index contributed by atoms with van der Waals surface area (Å²) >= 11 is 0. The molecule has 0 saturated heterocycles. The Balaban J connectivity index is 2.19. The summed E-state index contributed by atoms with van der Waals surface area (Å²) in [7, 11) is 0. The predicted octanol–water partition coefficient (Wildman–Crippen LogP) is 4.37. The van der Waals surface area contributed by atoms with Gasteiger partial charge in [-0.15, -0.1) is 0 Å². The summed E-state index contributed by atoms with van der Waals surface area (Å²) in [4.78, 5) is 24.8. The van der Waals surface area contributed by atoms with Crippen molar-refractivity contribution < 1.29 is 32.2 Å². The van der Waals surface area contributed by atoms with Crippen molar-refractivity contribution in [1.29, 1.82) is 0 Å². The number of carbonyl (C=O) groups excluding carboxylic acids is 2. The van der Waals surface area contributed by atoms with Gasteiger partial charge in [-0.2, -0.15) is 18.3 Å². The van der Waals surface area contributed by atoms with Crippen LogP contribution in [-0.2, 0) is 15.7 Å². The minimum Gasteiger partial charge on any atom is -0.462 e. The topological polar surface area (TPSA) is 69.9 Å². The van der Waals surface area contributed by atoms with Gasteiger partial charge in [0, 0.05) is 5.56 Å². The van der Waals surface area contributed by atoms with E-state index in [9.17, 15) is 22.8 Å². The van der Waals surface area contributed by atoms with Crippen LogP contribution in [0.1, 0.15) is 40.3 Å². The van der Waals surface area contributed by atoms with Crippen molar-refractivity contribution in [2.45, 2.75) is 20.0 Å². The SMILES string of the molecule is CCOC(=O)c1nn2c(-c3ccc(C(F)(F)F)cc3)cccc2c1C(=O)OCC. The summed E-state index contributed by atoms with van der Waals surface area (Å²) in [6, 6.07) is 9.30. The highest BCUT2D eigenvalue weighted by molar-refractivity contribution is 6.07. The lowest BCUT2D eigenvalue weighted by atomic mass is 10.1. The summed E-state index contributed by atoms with van der Waals surface area (Å²) in [5, 5.41) is 4.20. The lowest BCUT2D eigenvalue weighted by molar-refractivity contribution is -0.137. The number of alkyl halides is 3. The van der Waals surface area contributed by atoms with Gasteiger partial charge in [0.05, 0.1) is 30.0 Å². The summed E-state index contributed by atoms with van der Waals surface area (Å²) in [5.41, 5.74) is 0.0511. The van der Waals surface area contributed by atoms with Crippen LogP contribution < -0.4 is 0 Å². The molecule has 0 fully saturated rings. The first-order valence-corrected chi connectivity index (χ1v) is 8.81. The van der Waals surface area contributed by atoms with Crippen LogP contribution in [0.5, 0.6) is 0 Å². The molecular formula is C20H17F3N2O4. The molecule has 2 aromatic heterocycles. The van der Waals surface area contributed by atoms with Crippen molar-refractivity contribution in [1.82, 2.24) is 9.61 Å². The molecule has 3 aromatic rings. The highest BCUT2D eigenvalue weighted by Gasteiger charge is 2.30. The van der Waals surface area contributed by atoms with Crippen molar-refractivity contribution >= 4 is 17.5 Å². The van der Waals surface area contributed by atoms with Crippen LogP contribution in [0.2, 0.25) is 0 Å². The largest absolute Gasteiger partial charge is 0.462 e. The van der Waals surface area contributed by atoms with Crippen molar-refractivity contribution in [2.24, 2.45) is 0 Å². The van der Waals surface area contributed by atoms with E-state index in [0.29, 0.717) is 11.3 Å². The Morgan fingerprint density at radius 1 is 0.966 bits per heavy atom. The predicted molar refractivity (Wildman–Crippen MR) is 97.5 cm³/mol. The van der Waals surface area contributed by atoms with Gasteiger partial charge in [0.2, 0.25) is 0 Å². The molecule has 9 heteroatoms. The van der Waals surface area contributed by atoms with E-state index in [1.807, 2.05) is 0 Å². The molecule has 0 amide bonds. The number of hydrogen-bond acceptors (Lipinski definition) is 5. The minimum atomic E-state index is -4.45. The van der Waals surface area contributed by atoms with Gasteiger partial charge in [-0.05, 0) is 38.1 Å². The average Bonchev–Trinajstić information content (AvgIpc) is 3.07. The monoisotopic (exact) mass is 406 g/mol. The van der Waals surface area contributed by atoms with E-state index < -0.39 is 23.7 Å². The van der Waals surface area contributed by atoms with Crippen LogP contribution in [0.15, 0.2) is 42.5 Å². The quantitative estimate of drug-likeness (QED) is 0.589. The summed E-state index contributed by atoms with van der Waals surface area (Å²) < 4.78 is 49.8. The average molecular weight is 406 g/mol. The number of benzene rings is 1. The van der Waals surface area contributed by atoms with Crippen LogP contribution >= 0.6 is 0 Å². The highest BCUT2D eigenvalue weighted by atomic mass is 19.4. The van der Waals surface area contributed by atoms with Crippen LogP contribution in [0.3, 0.4) is 0 Å². The third kappa shape index (κ3) is 3.94. The molecule has 0 saturated carbocycles. The molecule has 6 nitrogen and oxygen atoms in total. The van der Waals surface area contributed by atoms with Crippen molar-refractivity contribution in [3.8, 4) is 11.3 Å². The fourth-order valence-electron chi connectivity index (χ4n) is 2.86. The number of ether oxygens (including phenoxy) is 2. The number of aromatic nitrogens is 2. The highest BCUT2D eigenvalue weighted by Crippen LogP contribution is 2.31. The number of halogens is 3. The van der Waals surface area contributed by atoms with Crippen LogP contribution in [0, 0.1) is 0 Å². The van der Waals surface area contributed by atoms with Crippen molar-refractivity contribution in [3.05, 3.63) is 59.3 Å². The second-order valence-electron chi connectivity index (χ2n) is 5.95. The minimum absolute atomic E-state index is 0.0564. The number of pyridine rings is 1. The Morgan fingerprint density at radius 2 is 1.59 bits per heavy atom. The van der Waals surface area contributed by atoms with Crippen molar-refractivity contribution in [3.63, 3.8) is 0 Å². The molecule has 0 aliphatic carbocycles. The molecule has 0 N–H and O–H groups in total. The Kier molecular flexibility index (Phi) is 5.58. The standard InChI is InChI=1S/C20H17F3N2O4/c1-3-28-18(26)16-15-7-5-6-14(25(15)24-17(16)19(27)29-4-2)12-8-10-13(11-9-12)20(21,22)23/h5-11H,3-4H2,1-2H3. The normalized spacial score (nSPS) is 11.5. The molecule has 1 aromatic carbocycles. The number of hydrogen-bond donors (Lipinski definition) is 0. The molecule has 0 radical (unpaired) electrons. The Labute approximate surface area is 163 Å². The Bertz CT molecular complexity index is 1060. The molecule has 152 valence electrons. The number of esters is 2. The molecule has 3 rings (SSSR count). The van der Waals surface area contributed by atoms with Gasteiger partial charge in [0.1, 0.15) is 5.56 Å². The first-order valence-electron chi connectivity index (χ1n) is 8.81. The number of carbonyl (C=O) groups is 2. The number of nitrogens with zero attached hydrogens (tertiary/aromatic N) is 2. The molecule has 0 aliphatic heterocycles. The van der Waals surface area contributed by atoms with Gasteiger partial charge in [0.25, 0.3) is 0 Å². The molecule has 2 heterocycles. The van der Waals surface area contributed by atoms with Crippen LogP contribution in [-0.4, -0.2) is 34.8 Å². The van der Waals surface area contributed by atoms with Gasteiger partial charge in [-0.25, -0.2) is 14.1 Å². The molecule has 0 aliphatic rings. The number of rotatable bonds is 5. The Morgan fingerprint density at radius 3 is 2.17 bits per heavy atom. The molecule has 0 bridgehead atoms. The molecular weight excluding hydrogens is 389 g/mol. The van der Waals surface area contributed by atoms with Crippen LogP contribution in [0.25, 0.3) is 16.8 Å². The maximum Gasteiger partial charge on any atom is 0.416 e. The van der Waals surface area contributed by atoms with Gasteiger partial charge < -0.3 is 9.47 Å². The van der Waals surface area contributed by atoms with E-state index in [4.69, 9.17) is 9.47 Å². The van der Waals surface area contributed by atoms with Crippen LogP contribution in [0.4, 0.5) is 13.2 Å². The first-order chi connectivity index (χ1) is 13.8. The first kappa shape index (κ1) is 20.4. The van der Waals surface area contributed by atoms with Gasteiger partial charge in [-0.3, -0.25) is 0 Å². The lowest BCUT2D eigenvalue weighted by Crippen LogP contribution is -2.13. The smallest absolute Gasteiger partial charge is 0.416 e. The maximum absolute atomic E-state index is 12.8. The second kappa shape index (κ2) is 7.94. The van der Waals surface area contributed by atoms with Gasteiger partial charge in [-0.1, -0.05) is 18.2 Å². The van der Waals surface area contributed by atoms with Gasteiger partial charge in [0.15, 0.2) is 5.69 Å². The fourth-order valence-corrected chi connectivity index (χ4v) is 2.86. The van der Waals surface area contributed by atoms with E-state index in [0.717, 1.165) is 12.1 Å². The van der Waals surface area contributed by atoms with E-state index in [2.05, 4.69) is 5.10 Å². The lowest BCUT2D eigenvalue weighted by Gasteiger charge is -2.09. The molecule has 0 atom stereocenters. The van der Waals surface area contributed by atoms with E-state index in [1.54, 1.807) is 32.0 Å². The van der Waals surface area contributed by atoms with Gasteiger partial charge >= 0.3 is 18.1 Å². The molecule has 29 heavy (non-hydrogen) atoms. The van der Waals surface area contributed by atoms with Crippen molar-refractivity contribution in [2.75, 3.05) is 13.2 Å². The third-order valence-corrected chi connectivity index (χ3v) is 4.11.